The fourth-order valence-corrected chi connectivity index (χ4v) is 3.37. The molecule has 138 valence electrons. The van der Waals surface area contributed by atoms with Crippen molar-refractivity contribution >= 4 is 28.5 Å². The van der Waals surface area contributed by atoms with Gasteiger partial charge in [-0.25, -0.2) is 9.37 Å². The molecule has 2 aromatic heterocycles. The Morgan fingerprint density at radius 1 is 1.30 bits per heavy atom. The maximum Gasteiger partial charge on any atom is 0.270 e. The number of carbonyl (C=O) groups is 2. The van der Waals surface area contributed by atoms with E-state index < -0.39 is 0 Å². The minimum absolute atomic E-state index is 0.138. The topological polar surface area (TPSA) is 78.1 Å². The lowest BCUT2D eigenvalue weighted by atomic mass is 10.1. The lowest BCUT2D eigenvalue weighted by Crippen LogP contribution is -2.31. The number of rotatable bonds is 3. The van der Waals surface area contributed by atoms with Gasteiger partial charge in [-0.3, -0.25) is 9.59 Å². The van der Waals surface area contributed by atoms with E-state index in [0.29, 0.717) is 42.1 Å². The van der Waals surface area contributed by atoms with Crippen LogP contribution in [0.5, 0.6) is 0 Å². The smallest absolute Gasteiger partial charge is 0.270 e. The molecule has 6 nitrogen and oxygen atoms in total. The zero-order valence-electron chi connectivity index (χ0n) is 14.8. The van der Waals surface area contributed by atoms with Crippen molar-refractivity contribution in [3.63, 3.8) is 0 Å². The van der Waals surface area contributed by atoms with Gasteiger partial charge in [-0.2, -0.15) is 0 Å². The Hall–Kier alpha value is -3.22. The molecule has 2 amide bonds. The number of H-pyrrole nitrogens is 1. The van der Waals surface area contributed by atoms with Crippen LogP contribution in [0.15, 0.2) is 42.6 Å². The number of halogens is 1. The molecule has 1 atom stereocenters. The Labute approximate surface area is 155 Å². The number of likely N-dealkylation sites (tertiary alicyclic amines) is 1. The molecule has 1 fully saturated rings. The van der Waals surface area contributed by atoms with Crippen molar-refractivity contribution < 1.29 is 14.0 Å². The number of benzene rings is 1. The number of aryl methyl sites for hydroxylation is 1. The maximum atomic E-state index is 13.4. The number of aromatic nitrogens is 2. The molecule has 4 rings (SSSR count). The summed E-state index contributed by atoms with van der Waals surface area (Å²) in [6.45, 7) is 2.52. The third-order valence-corrected chi connectivity index (χ3v) is 4.89. The molecular weight excluding hydrogens is 347 g/mol. The van der Waals surface area contributed by atoms with Crippen molar-refractivity contribution in [3.8, 4) is 0 Å². The quantitative estimate of drug-likeness (QED) is 0.748. The summed E-state index contributed by atoms with van der Waals surface area (Å²) in [5.74, 6) is -0.893. The minimum atomic E-state index is -0.307. The standard InChI is InChI=1S/C20H19FN4O2/c1-12-9-15(4-5-16(12)21)23-19(26)14-6-8-25(11-14)20(27)17-10-13-3-2-7-22-18(13)24-17/h2-5,7,9-10,14H,6,8,11H2,1H3,(H,22,24)(H,23,26)/t14-/m0/s1. The molecule has 3 heterocycles. The first-order valence-electron chi connectivity index (χ1n) is 8.81. The van der Waals surface area contributed by atoms with Crippen molar-refractivity contribution in [2.45, 2.75) is 13.3 Å². The van der Waals surface area contributed by atoms with E-state index in [0.717, 1.165) is 5.39 Å². The SMILES string of the molecule is Cc1cc(NC(=O)[C@H]2CCN(C(=O)c3cc4cccnc4[nH]3)C2)ccc1F. The van der Waals surface area contributed by atoms with E-state index in [1.807, 2.05) is 12.1 Å². The van der Waals surface area contributed by atoms with E-state index in [4.69, 9.17) is 0 Å². The van der Waals surface area contributed by atoms with E-state index in [9.17, 15) is 14.0 Å². The zero-order chi connectivity index (χ0) is 19.0. The fourth-order valence-electron chi connectivity index (χ4n) is 3.37. The molecule has 2 N–H and O–H groups in total. The maximum absolute atomic E-state index is 13.4. The van der Waals surface area contributed by atoms with Crippen LogP contribution in [0.2, 0.25) is 0 Å². The van der Waals surface area contributed by atoms with Crippen LogP contribution in [0.4, 0.5) is 10.1 Å². The third kappa shape index (κ3) is 3.40. The van der Waals surface area contributed by atoms with Crippen LogP contribution in [0.25, 0.3) is 11.0 Å². The van der Waals surface area contributed by atoms with E-state index in [2.05, 4.69) is 15.3 Å². The zero-order valence-corrected chi connectivity index (χ0v) is 14.8. The minimum Gasteiger partial charge on any atom is -0.337 e. The van der Waals surface area contributed by atoms with Gasteiger partial charge >= 0.3 is 0 Å². The number of pyridine rings is 1. The molecule has 3 aromatic rings. The first-order valence-corrected chi connectivity index (χ1v) is 8.81. The summed E-state index contributed by atoms with van der Waals surface area (Å²) in [7, 11) is 0. The molecule has 1 aliphatic rings. The number of hydrogen-bond donors (Lipinski definition) is 2. The van der Waals surface area contributed by atoms with Gasteiger partial charge in [0.15, 0.2) is 0 Å². The van der Waals surface area contributed by atoms with Gasteiger partial charge in [0.2, 0.25) is 5.91 Å². The number of nitrogens with one attached hydrogen (secondary N) is 2. The average Bonchev–Trinajstić information content (AvgIpc) is 3.31. The third-order valence-electron chi connectivity index (χ3n) is 4.89. The molecule has 0 spiro atoms. The normalized spacial score (nSPS) is 16.7. The average molecular weight is 366 g/mol. The Kier molecular flexibility index (Phi) is 4.35. The molecule has 1 aromatic carbocycles. The molecule has 27 heavy (non-hydrogen) atoms. The number of fused-ring (bicyclic) bond motifs is 1. The van der Waals surface area contributed by atoms with Gasteiger partial charge in [-0.05, 0) is 55.3 Å². The Morgan fingerprint density at radius 2 is 2.15 bits per heavy atom. The van der Waals surface area contributed by atoms with Crippen LogP contribution >= 0.6 is 0 Å². The van der Waals surface area contributed by atoms with Gasteiger partial charge in [0.25, 0.3) is 5.91 Å². The summed E-state index contributed by atoms with van der Waals surface area (Å²) in [4.78, 5) is 34.1. The van der Waals surface area contributed by atoms with Crippen LogP contribution in [0, 0.1) is 18.7 Å². The van der Waals surface area contributed by atoms with Crippen molar-refractivity contribution in [1.82, 2.24) is 14.9 Å². The Morgan fingerprint density at radius 3 is 2.93 bits per heavy atom. The number of nitrogens with zero attached hydrogens (tertiary/aromatic N) is 2. The second-order valence-electron chi connectivity index (χ2n) is 6.81. The Bertz CT molecular complexity index is 997. The van der Waals surface area contributed by atoms with Crippen LogP contribution < -0.4 is 5.32 Å². The molecule has 0 radical (unpaired) electrons. The fraction of sp³-hybridized carbons (Fsp3) is 0.250. The van der Waals surface area contributed by atoms with Crippen molar-refractivity contribution in [2.75, 3.05) is 18.4 Å². The molecule has 0 aliphatic carbocycles. The molecule has 1 saturated heterocycles. The van der Waals surface area contributed by atoms with Crippen LogP contribution in [-0.4, -0.2) is 39.8 Å². The highest BCUT2D eigenvalue weighted by Gasteiger charge is 2.32. The summed E-state index contributed by atoms with van der Waals surface area (Å²) < 4.78 is 13.4. The van der Waals surface area contributed by atoms with E-state index >= 15 is 0 Å². The monoisotopic (exact) mass is 366 g/mol. The van der Waals surface area contributed by atoms with Gasteiger partial charge in [0, 0.05) is 30.4 Å². The molecule has 0 saturated carbocycles. The highest BCUT2D eigenvalue weighted by atomic mass is 19.1. The molecule has 7 heteroatoms. The number of carbonyl (C=O) groups excluding carboxylic acids is 2. The highest BCUT2D eigenvalue weighted by molar-refractivity contribution is 5.98. The predicted octanol–water partition coefficient (Wildman–Crippen LogP) is 3.11. The number of hydrogen-bond acceptors (Lipinski definition) is 3. The van der Waals surface area contributed by atoms with Gasteiger partial charge in [0.1, 0.15) is 17.2 Å². The molecule has 0 bridgehead atoms. The molecule has 1 aliphatic heterocycles. The summed E-state index contributed by atoms with van der Waals surface area (Å²) in [6.07, 6.45) is 2.26. The summed E-state index contributed by atoms with van der Waals surface area (Å²) in [6, 6.07) is 9.95. The largest absolute Gasteiger partial charge is 0.337 e. The van der Waals surface area contributed by atoms with Crippen LogP contribution in [-0.2, 0) is 4.79 Å². The predicted molar refractivity (Wildman–Crippen MR) is 99.9 cm³/mol. The van der Waals surface area contributed by atoms with Crippen LogP contribution in [0.1, 0.15) is 22.5 Å². The number of anilines is 1. The van der Waals surface area contributed by atoms with Gasteiger partial charge in [0.05, 0.1) is 5.92 Å². The number of amides is 2. The second-order valence-corrected chi connectivity index (χ2v) is 6.81. The van der Waals surface area contributed by atoms with E-state index in [1.54, 1.807) is 30.2 Å². The lowest BCUT2D eigenvalue weighted by Gasteiger charge is -2.15. The van der Waals surface area contributed by atoms with Gasteiger partial charge in [-0.1, -0.05) is 0 Å². The molecular formula is C20H19FN4O2. The second kappa shape index (κ2) is 6.83. The van der Waals surface area contributed by atoms with Crippen molar-refractivity contribution in [2.24, 2.45) is 5.92 Å². The van der Waals surface area contributed by atoms with Crippen LogP contribution in [0.3, 0.4) is 0 Å². The van der Waals surface area contributed by atoms with Gasteiger partial charge in [-0.15, -0.1) is 0 Å². The van der Waals surface area contributed by atoms with Crippen molar-refractivity contribution in [3.05, 3.63) is 59.7 Å². The first kappa shape index (κ1) is 17.2. The summed E-state index contributed by atoms with van der Waals surface area (Å²) in [5, 5.41) is 3.69. The lowest BCUT2D eigenvalue weighted by molar-refractivity contribution is -0.119. The highest BCUT2D eigenvalue weighted by Crippen LogP contribution is 2.22. The van der Waals surface area contributed by atoms with Gasteiger partial charge < -0.3 is 15.2 Å². The first-order chi connectivity index (χ1) is 13.0. The van der Waals surface area contributed by atoms with E-state index in [1.165, 1.54) is 12.1 Å². The van der Waals surface area contributed by atoms with Crippen molar-refractivity contribution in [1.29, 1.82) is 0 Å². The summed E-state index contributed by atoms with van der Waals surface area (Å²) >= 11 is 0. The molecule has 0 unspecified atom stereocenters. The number of aromatic amines is 1. The Balaban J connectivity index is 1.42. The van der Waals surface area contributed by atoms with E-state index in [-0.39, 0.29) is 23.5 Å². The summed E-state index contributed by atoms with van der Waals surface area (Å²) in [5.41, 5.74) is 2.17.